The molecule has 0 bridgehead atoms. The Morgan fingerprint density at radius 3 is 2.21 bits per heavy atom. The average molecular weight is 265 g/mol. The van der Waals surface area contributed by atoms with E-state index in [9.17, 15) is 13.2 Å². The predicted molar refractivity (Wildman–Crippen MR) is 68.0 cm³/mol. The van der Waals surface area contributed by atoms with E-state index in [1.54, 1.807) is 25.1 Å². The molecule has 0 aliphatic heterocycles. The molecular formula is C15H14F3N. The highest BCUT2D eigenvalue weighted by Crippen LogP contribution is 2.32. The van der Waals surface area contributed by atoms with Crippen molar-refractivity contribution in [2.24, 2.45) is 5.73 Å². The van der Waals surface area contributed by atoms with Crippen LogP contribution in [-0.2, 0) is 5.54 Å². The fraction of sp³-hybridized carbons (Fsp3) is 0.200. The van der Waals surface area contributed by atoms with Crippen molar-refractivity contribution in [3.63, 3.8) is 0 Å². The summed E-state index contributed by atoms with van der Waals surface area (Å²) in [6, 6.07) is 9.48. The normalized spacial score (nSPS) is 14.2. The molecule has 0 radical (unpaired) electrons. The van der Waals surface area contributed by atoms with E-state index in [1.165, 1.54) is 12.1 Å². The second-order valence-electron chi connectivity index (χ2n) is 4.43. The Labute approximate surface area is 109 Å². The van der Waals surface area contributed by atoms with Gasteiger partial charge in [-0.05, 0) is 30.2 Å². The third-order valence-corrected chi connectivity index (χ3v) is 3.35. The molecule has 0 fully saturated rings. The lowest BCUT2D eigenvalue weighted by Gasteiger charge is -2.30. The standard InChI is InChI=1S/C15H14F3N/c1-2-15(19,11-5-3-4-6-12(11)16)10-7-8-13(17)14(18)9-10/h3-9H,2,19H2,1H3. The molecule has 0 aromatic heterocycles. The van der Waals surface area contributed by atoms with Crippen molar-refractivity contribution in [1.29, 1.82) is 0 Å². The summed E-state index contributed by atoms with van der Waals surface area (Å²) in [4.78, 5) is 0. The van der Waals surface area contributed by atoms with E-state index >= 15 is 0 Å². The molecule has 0 aliphatic rings. The monoisotopic (exact) mass is 265 g/mol. The third-order valence-electron chi connectivity index (χ3n) is 3.35. The zero-order valence-electron chi connectivity index (χ0n) is 10.5. The first kappa shape index (κ1) is 13.6. The molecule has 1 nitrogen and oxygen atoms in total. The highest BCUT2D eigenvalue weighted by Gasteiger charge is 2.31. The number of hydrogen-bond acceptors (Lipinski definition) is 1. The first-order chi connectivity index (χ1) is 8.99. The van der Waals surface area contributed by atoms with Gasteiger partial charge in [0, 0.05) is 5.56 Å². The van der Waals surface area contributed by atoms with Crippen LogP contribution in [0.2, 0.25) is 0 Å². The van der Waals surface area contributed by atoms with Gasteiger partial charge in [-0.25, -0.2) is 13.2 Å². The Bertz CT molecular complexity index is 598. The summed E-state index contributed by atoms with van der Waals surface area (Å²) in [6.45, 7) is 1.77. The van der Waals surface area contributed by atoms with Gasteiger partial charge in [-0.3, -0.25) is 0 Å². The molecule has 2 aromatic carbocycles. The van der Waals surface area contributed by atoms with Gasteiger partial charge in [-0.15, -0.1) is 0 Å². The molecule has 0 saturated carbocycles. The van der Waals surface area contributed by atoms with Crippen molar-refractivity contribution >= 4 is 0 Å². The molecule has 100 valence electrons. The summed E-state index contributed by atoms with van der Waals surface area (Å²) in [5.41, 5.74) is 5.66. The van der Waals surface area contributed by atoms with Crippen LogP contribution in [0.4, 0.5) is 13.2 Å². The lowest BCUT2D eigenvalue weighted by atomic mass is 9.81. The highest BCUT2D eigenvalue weighted by atomic mass is 19.2. The fourth-order valence-corrected chi connectivity index (χ4v) is 2.15. The summed E-state index contributed by atoms with van der Waals surface area (Å²) < 4.78 is 40.2. The van der Waals surface area contributed by atoms with Gasteiger partial charge in [0.2, 0.25) is 0 Å². The number of rotatable bonds is 3. The molecule has 0 spiro atoms. The predicted octanol–water partition coefficient (Wildman–Crippen LogP) is 3.72. The molecule has 19 heavy (non-hydrogen) atoms. The highest BCUT2D eigenvalue weighted by molar-refractivity contribution is 5.38. The molecule has 2 aromatic rings. The van der Waals surface area contributed by atoms with E-state index in [2.05, 4.69) is 0 Å². The maximum absolute atomic E-state index is 13.9. The van der Waals surface area contributed by atoms with Gasteiger partial charge >= 0.3 is 0 Å². The van der Waals surface area contributed by atoms with E-state index in [0.29, 0.717) is 12.0 Å². The Morgan fingerprint density at radius 2 is 1.63 bits per heavy atom. The zero-order valence-corrected chi connectivity index (χ0v) is 10.5. The number of benzene rings is 2. The molecule has 0 heterocycles. The average Bonchev–Trinajstić information content (AvgIpc) is 2.41. The smallest absolute Gasteiger partial charge is 0.159 e. The van der Waals surface area contributed by atoms with Crippen molar-refractivity contribution < 1.29 is 13.2 Å². The minimum absolute atomic E-state index is 0.267. The molecule has 1 atom stereocenters. The topological polar surface area (TPSA) is 26.0 Å². The summed E-state index contributed by atoms with van der Waals surface area (Å²) in [7, 11) is 0. The quantitative estimate of drug-likeness (QED) is 0.899. The van der Waals surface area contributed by atoms with Crippen LogP contribution >= 0.6 is 0 Å². The van der Waals surface area contributed by atoms with Crippen molar-refractivity contribution in [1.82, 2.24) is 0 Å². The zero-order chi connectivity index (χ0) is 14.0. The molecule has 2 N–H and O–H groups in total. The van der Waals surface area contributed by atoms with E-state index in [0.717, 1.165) is 12.1 Å². The largest absolute Gasteiger partial charge is 0.318 e. The summed E-state index contributed by atoms with van der Waals surface area (Å²) in [5, 5.41) is 0. The second-order valence-corrected chi connectivity index (χ2v) is 4.43. The molecule has 1 unspecified atom stereocenters. The Balaban J connectivity index is 2.60. The maximum Gasteiger partial charge on any atom is 0.159 e. The summed E-state index contributed by atoms with van der Waals surface area (Å²) in [5.74, 6) is -2.40. The van der Waals surface area contributed by atoms with Gasteiger partial charge in [-0.2, -0.15) is 0 Å². The van der Waals surface area contributed by atoms with Gasteiger partial charge in [0.05, 0.1) is 5.54 Å². The van der Waals surface area contributed by atoms with Crippen molar-refractivity contribution in [2.45, 2.75) is 18.9 Å². The van der Waals surface area contributed by atoms with Gasteiger partial charge in [0.25, 0.3) is 0 Å². The van der Waals surface area contributed by atoms with E-state index < -0.39 is 23.0 Å². The minimum Gasteiger partial charge on any atom is -0.318 e. The van der Waals surface area contributed by atoms with Crippen molar-refractivity contribution in [2.75, 3.05) is 0 Å². The van der Waals surface area contributed by atoms with Crippen LogP contribution in [0.25, 0.3) is 0 Å². The lowest BCUT2D eigenvalue weighted by molar-refractivity contribution is 0.466. The van der Waals surface area contributed by atoms with Crippen LogP contribution in [0.1, 0.15) is 24.5 Å². The Morgan fingerprint density at radius 1 is 0.947 bits per heavy atom. The third kappa shape index (κ3) is 2.36. The summed E-state index contributed by atoms with van der Waals surface area (Å²) >= 11 is 0. The molecule has 0 saturated heterocycles. The van der Waals surface area contributed by atoms with Gasteiger partial charge in [0.1, 0.15) is 5.82 Å². The maximum atomic E-state index is 13.9. The molecule has 4 heteroatoms. The van der Waals surface area contributed by atoms with Crippen molar-refractivity contribution in [3.8, 4) is 0 Å². The molecular weight excluding hydrogens is 251 g/mol. The molecule has 0 amide bonds. The van der Waals surface area contributed by atoms with Crippen LogP contribution in [0.15, 0.2) is 42.5 Å². The number of hydrogen-bond donors (Lipinski definition) is 1. The van der Waals surface area contributed by atoms with Gasteiger partial charge in [0.15, 0.2) is 11.6 Å². The second kappa shape index (κ2) is 5.05. The molecule has 0 aliphatic carbocycles. The van der Waals surface area contributed by atoms with Crippen LogP contribution in [0, 0.1) is 17.5 Å². The fourth-order valence-electron chi connectivity index (χ4n) is 2.15. The number of nitrogens with two attached hydrogens (primary N) is 1. The summed E-state index contributed by atoms with van der Waals surface area (Å²) in [6.07, 6.45) is 0.360. The van der Waals surface area contributed by atoms with Crippen LogP contribution < -0.4 is 5.73 Å². The Hall–Kier alpha value is -1.81. The van der Waals surface area contributed by atoms with E-state index in [-0.39, 0.29) is 5.56 Å². The van der Waals surface area contributed by atoms with Crippen LogP contribution in [-0.4, -0.2) is 0 Å². The van der Waals surface area contributed by atoms with E-state index in [4.69, 9.17) is 5.73 Å². The first-order valence-electron chi connectivity index (χ1n) is 5.98. The number of halogens is 3. The lowest BCUT2D eigenvalue weighted by Crippen LogP contribution is -2.38. The van der Waals surface area contributed by atoms with Crippen molar-refractivity contribution in [3.05, 3.63) is 71.0 Å². The van der Waals surface area contributed by atoms with Crippen LogP contribution in [0.5, 0.6) is 0 Å². The van der Waals surface area contributed by atoms with Gasteiger partial charge < -0.3 is 5.73 Å². The van der Waals surface area contributed by atoms with E-state index in [1.807, 2.05) is 0 Å². The first-order valence-corrected chi connectivity index (χ1v) is 5.98. The van der Waals surface area contributed by atoms with Gasteiger partial charge in [-0.1, -0.05) is 31.2 Å². The SMILES string of the molecule is CCC(N)(c1ccc(F)c(F)c1)c1ccccc1F. The molecule has 2 rings (SSSR count). The van der Waals surface area contributed by atoms with Crippen LogP contribution in [0.3, 0.4) is 0 Å². The minimum atomic E-state index is -1.18. The Kier molecular flexibility index (Phi) is 3.62.